The van der Waals surface area contributed by atoms with E-state index in [4.69, 9.17) is 4.74 Å². The van der Waals surface area contributed by atoms with E-state index < -0.39 is 62.3 Å². The third-order valence-electron chi connectivity index (χ3n) is 10.0. The number of hydrogen-bond donors (Lipinski definition) is 1. The van der Waals surface area contributed by atoms with Crippen LogP contribution in [0.5, 0.6) is 11.5 Å². The first-order valence-electron chi connectivity index (χ1n) is 15.4. The maximum atomic E-state index is 14.4. The molecule has 3 atom stereocenters. The lowest BCUT2D eigenvalue weighted by atomic mass is 9.55. The first-order valence-corrected chi connectivity index (χ1v) is 16.8. The lowest BCUT2D eigenvalue weighted by Gasteiger charge is -2.60. The van der Waals surface area contributed by atoms with E-state index in [1.54, 1.807) is 0 Å². The van der Waals surface area contributed by atoms with Crippen LogP contribution in [0.25, 0.3) is 11.1 Å². The molecule has 2 saturated carbocycles. The van der Waals surface area contributed by atoms with Crippen LogP contribution in [0.2, 0.25) is 0 Å². The minimum Gasteiger partial charge on any atom is -0.485 e. The van der Waals surface area contributed by atoms with Gasteiger partial charge in [-0.05, 0) is 91.6 Å². The van der Waals surface area contributed by atoms with E-state index in [-0.39, 0.29) is 53.7 Å². The summed E-state index contributed by atoms with van der Waals surface area (Å²) in [5.41, 5.74) is -1.67. The number of aliphatic carboxylic acids is 1. The standard InChI is InChI=1S/C33H30F6N2O6S/c34-22-8-20(9-25(12-22)47-31(35)36)19-4-5-29-28(10-19)41(48(44,45)27-3-1-2-21(11-27)33(37,38)39)17-26(46-29)16-40-23-6-18-7-24(40)15-32(13-18,14-23)30(42)43/h1-5,8-12,18,23-24,26,31H,6-7,13-17H2,(H,42,43)/t18?,23?,24?,26-,32?/m0/s1. The van der Waals surface area contributed by atoms with E-state index >= 15 is 0 Å². The molecule has 2 aliphatic carbocycles. The predicted octanol–water partition coefficient (Wildman–Crippen LogP) is 6.79. The molecule has 3 aromatic carbocycles. The average Bonchev–Trinajstić information content (AvgIpc) is 3.01. The number of ether oxygens (including phenoxy) is 2. The number of carboxylic acids is 1. The monoisotopic (exact) mass is 696 g/mol. The van der Waals surface area contributed by atoms with E-state index in [9.17, 15) is 44.7 Å². The van der Waals surface area contributed by atoms with Gasteiger partial charge in [-0.2, -0.15) is 22.0 Å². The highest BCUT2D eigenvalue weighted by Gasteiger charge is 2.58. The van der Waals surface area contributed by atoms with Gasteiger partial charge in [0.1, 0.15) is 23.4 Å². The van der Waals surface area contributed by atoms with Gasteiger partial charge in [0, 0.05) is 24.7 Å². The summed E-state index contributed by atoms with van der Waals surface area (Å²) in [5.74, 6) is -1.77. The summed E-state index contributed by atoms with van der Waals surface area (Å²) in [7, 11) is -4.65. The van der Waals surface area contributed by atoms with Crippen molar-refractivity contribution in [2.45, 2.75) is 68.0 Å². The zero-order valence-corrected chi connectivity index (χ0v) is 26.0. The summed E-state index contributed by atoms with van der Waals surface area (Å²) < 4.78 is 121. The molecule has 5 aliphatic rings. The van der Waals surface area contributed by atoms with Crippen molar-refractivity contribution in [2.75, 3.05) is 17.4 Å². The Balaban J connectivity index is 1.26. The molecule has 0 spiro atoms. The number of nitrogens with zero attached hydrogens (tertiary/aromatic N) is 2. The second-order valence-corrected chi connectivity index (χ2v) is 14.9. The minimum absolute atomic E-state index is 0.0355. The van der Waals surface area contributed by atoms with Crippen LogP contribution in [-0.4, -0.2) is 62.3 Å². The molecule has 8 nitrogen and oxygen atoms in total. The molecule has 2 saturated heterocycles. The SMILES string of the molecule is O=C(O)C12CC3CC(C1)N(C[C@H]1CN(S(=O)(=O)c4cccc(C(F)(F)F)c4)c4cc(-c5cc(F)cc(OC(F)F)c5)ccc4O1)C(C3)C2. The Morgan fingerprint density at radius 1 is 1.00 bits per heavy atom. The number of sulfonamides is 1. The van der Waals surface area contributed by atoms with Crippen molar-refractivity contribution < 1.29 is 54.1 Å². The Morgan fingerprint density at radius 2 is 1.73 bits per heavy atom. The molecule has 3 aliphatic heterocycles. The van der Waals surface area contributed by atoms with Crippen molar-refractivity contribution >= 4 is 21.7 Å². The molecular weight excluding hydrogens is 666 g/mol. The fourth-order valence-electron chi connectivity index (χ4n) is 8.18. The smallest absolute Gasteiger partial charge is 0.416 e. The minimum atomic E-state index is -4.81. The highest BCUT2D eigenvalue weighted by Crippen LogP contribution is 2.56. The van der Waals surface area contributed by atoms with Gasteiger partial charge in [0.15, 0.2) is 0 Å². The number of anilines is 1. The Hall–Kier alpha value is -3.98. The van der Waals surface area contributed by atoms with Crippen LogP contribution < -0.4 is 13.8 Å². The molecule has 3 aromatic rings. The van der Waals surface area contributed by atoms with Gasteiger partial charge in [0.25, 0.3) is 10.0 Å². The van der Waals surface area contributed by atoms with E-state index in [2.05, 4.69) is 9.64 Å². The molecule has 4 bridgehead atoms. The van der Waals surface area contributed by atoms with Crippen molar-refractivity contribution in [3.8, 4) is 22.6 Å². The Bertz CT molecular complexity index is 1860. The molecule has 3 heterocycles. The van der Waals surface area contributed by atoms with Crippen molar-refractivity contribution in [2.24, 2.45) is 11.3 Å². The molecule has 0 radical (unpaired) electrons. The van der Waals surface area contributed by atoms with E-state index in [0.29, 0.717) is 25.3 Å². The summed E-state index contributed by atoms with van der Waals surface area (Å²) in [5, 5.41) is 10.0. The summed E-state index contributed by atoms with van der Waals surface area (Å²) in [6, 6.07) is 10.5. The third kappa shape index (κ3) is 5.84. The lowest BCUT2D eigenvalue weighted by molar-refractivity contribution is -0.173. The van der Waals surface area contributed by atoms with Crippen LogP contribution in [-0.2, 0) is 21.0 Å². The number of fused-ring (bicyclic) bond motifs is 1. The predicted molar refractivity (Wildman–Crippen MR) is 160 cm³/mol. The van der Waals surface area contributed by atoms with E-state index in [0.717, 1.165) is 53.5 Å². The molecule has 4 fully saturated rings. The van der Waals surface area contributed by atoms with Crippen LogP contribution >= 0.6 is 0 Å². The first-order chi connectivity index (χ1) is 22.6. The third-order valence-corrected chi connectivity index (χ3v) is 11.8. The number of alkyl halides is 5. The van der Waals surface area contributed by atoms with Crippen LogP contribution in [0.3, 0.4) is 0 Å². The zero-order valence-electron chi connectivity index (χ0n) is 25.2. The average molecular weight is 697 g/mol. The number of carboxylic acid groups (broad SMARTS) is 1. The topological polar surface area (TPSA) is 96.4 Å². The van der Waals surface area contributed by atoms with Crippen molar-refractivity contribution in [1.29, 1.82) is 0 Å². The van der Waals surface area contributed by atoms with Crippen molar-refractivity contribution in [1.82, 2.24) is 4.90 Å². The van der Waals surface area contributed by atoms with Gasteiger partial charge in [-0.1, -0.05) is 12.1 Å². The fraction of sp³-hybridized carbons (Fsp3) is 0.424. The summed E-state index contributed by atoms with van der Waals surface area (Å²) in [6.07, 6.45) is -2.37. The molecule has 0 aromatic heterocycles. The second kappa shape index (κ2) is 11.6. The Morgan fingerprint density at radius 3 is 2.40 bits per heavy atom. The maximum Gasteiger partial charge on any atom is 0.416 e. The normalized spacial score (nSPS) is 26.8. The maximum absolute atomic E-state index is 14.4. The van der Waals surface area contributed by atoms with Gasteiger partial charge < -0.3 is 14.6 Å². The van der Waals surface area contributed by atoms with Gasteiger partial charge in [-0.15, -0.1) is 0 Å². The summed E-state index contributed by atoms with van der Waals surface area (Å²) in [4.78, 5) is 13.8. The van der Waals surface area contributed by atoms with Crippen molar-refractivity contribution in [3.63, 3.8) is 0 Å². The van der Waals surface area contributed by atoms with Crippen LogP contribution in [0, 0.1) is 17.2 Å². The lowest BCUT2D eigenvalue weighted by Crippen LogP contribution is -2.65. The second-order valence-electron chi connectivity index (χ2n) is 13.1. The van der Waals surface area contributed by atoms with Crippen LogP contribution in [0.15, 0.2) is 65.6 Å². The molecular formula is C33H30F6N2O6S. The van der Waals surface area contributed by atoms with Gasteiger partial charge in [-0.3, -0.25) is 14.0 Å². The summed E-state index contributed by atoms with van der Waals surface area (Å²) in [6.45, 7) is -3.26. The molecule has 1 N–H and O–H groups in total. The Labute approximate surface area is 271 Å². The largest absolute Gasteiger partial charge is 0.485 e. The molecule has 2 unspecified atom stereocenters. The van der Waals surface area contributed by atoms with E-state index in [1.165, 1.54) is 18.2 Å². The zero-order chi connectivity index (χ0) is 34.2. The van der Waals surface area contributed by atoms with Gasteiger partial charge in [-0.25, -0.2) is 12.8 Å². The molecule has 256 valence electrons. The van der Waals surface area contributed by atoms with Crippen LogP contribution in [0.1, 0.15) is 37.7 Å². The number of halogens is 6. The summed E-state index contributed by atoms with van der Waals surface area (Å²) >= 11 is 0. The highest BCUT2D eigenvalue weighted by molar-refractivity contribution is 7.92. The molecule has 0 amide bonds. The molecule has 48 heavy (non-hydrogen) atoms. The Kier molecular flexibility index (Phi) is 7.85. The first kappa shape index (κ1) is 32.6. The number of carbonyl (C=O) groups is 1. The number of benzene rings is 3. The van der Waals surface area contributed by atoms with Crippen LogP contribution in [0.4, 0.5) is 32.0 Å². The number of hydrogen-bond acceptors (Lipinski definition) is 6. The highest BCUT2D eigenvalue weighted by atomic mass is 32.2. The fourth-order valence-corrected chi connectivity index (χ4v) is 9.72. The van der Waals surface area contributed by atoms with Crippen molar-refractivity contribution in [3.05, 3.63) is 72.0 Å². The quantitative estimate of drug-likeness (QED) is 0.259. The molecule has 15 heteroatoms. The van der Waals surface area contributed by atoms with Gasteiger partial charge in [0.05, 0.1) is 28.1 Å². The molecule has 8 rings (SSSR count). The van der Waals surface area contributed by atoms with Gasteiger partial charge >= 0.3 is 18.8 Å². The van der Waals surface area contributed by atoms with E-state index in [1.807, 2.05) is 0 Å². The van der Waals surface area contributed by atoms with Gasteiger partial charge in [0.2, 0.25) is 0 Å². The number of piperidine rings is 2. The number of rotatable bonds is 8.